The number of halogens is 3. The van der Waals surface area contributed by atoms with Gasteiger partial charge in [-0.05, 0) is 25.0 Å². The summed E-state index contributed by atoms with van der Waals surface area (Å²) in [4.78, 5) is 23.7. The summed E-state index contributed by atoms with van der Waals surface area (Å²) in [5, 5.41) is 9.22. The predicted molar refractivity (Wildman–Crippen MR) is 87.1 cm³/mol. The summed E-state index contributed by atoms with van der Waals surface area (Å²) < 4.78 is 29.0. The van der Waals surface area contributed by atoms with Gasteiger partial charge in [-0.2, -0.15) is 0 Å². The van der Waals surface area contributed by atoms with Gasteiger partial charge in [0.25, 0.3) is 0 Å². The lowest BCUT2D eigenvalue weighted by molar-refractivity contribution is -0.128. The first kappa shape index (κ1) is 15.3. The summed E-state index contributed by atoms with van der Waals surface area (Å²) in [6.45, 7) is 3.18. The first-order valence-corrected chi connectivity index (χ1v) is 8.61. The highest BCUT2D eigenvalue weighted by Crippen LogP contribution is 2.48. The first-order valence-electron chi connectivity index (χ1n) is 6.57. The Bertz CT molecular complexity index is 763. The number of fused-ring (bicyclic) bond motifs is 1. The highest BCUT2D eigenvalue weighted by atomic mass is 127. The molecule has 5 nitrogen and oxygen atoms in total. The number of carboxylic acid groups (broad SMARTS) is 1. The summed E-state index contributed by atoms with van der Waals surface area (Å²) in [5.41, 5.74) is 6.46. The van der Waals surface area contributed by atoms with Gasteiger partial charge in [0.05, 0.1) is 23.0 Å². The number of anilines is 2. The molecular weight excluding hydrogens is 409 g/mol. The Kier molecular flexibility index (Phi) is 3.46. The summed E-state index contributed by atoms with van der Waals surface area (Å²) >= 11 is -1.36. The maximum Gasteiger partial charge on any atom is 0.346 e. The molecule has 1 heterocycles. The number of rotatable bonds is 2. The molecule has 1 aromatic rings. The molecule has 1 aromatic carbocycles. The number of ketones is 1. The standard InChI is InChI=1S/C14H13F2IN2O3/c1-4-5(2)12-8(11(18)9(4)16)13(20)10(14(21)22)17-19(12)7-3-6(7)15/h6-7H,3,18H2,1-2H3,(H,21,22)/t6-,7+/m0/s1. The minimum absolute atomic E-state index is 0.136. The molecule has 3 N–H and O–H groups in total. The van der Waals surface area contributed by atoms with Crippen molar-refractivity contribution in [3.8, 4) is 0 Å². The molecular formula is C14H13F2IN2O3. The fourth-order valence-electron chi connectivity index (χ4n) is 2.50. The normalized spacial score (nSPS) is 23.5. The number of carbonyl (C=O) groups excluding carboxylic acids is 1. The van der Waals surface area contributed by atoms with Crippen molar-refractivity contribution in [1.82, 2.24) is 0 Å². The van der Waals surface area contributed by atoms with Crippen LogP contribution >= 0.6 is 21.0 Å². The van der Waals surface area contributed by atoms with Gasteiger partial charge in [0.1, 0.15) is 12.0 Å². The van der Waals surface area contributed by atoms with E-state index in [1.54, 1.807) is 17.0 Å². The third-order valence-electron chi connectivity index (χ3n) is 3.97. The van der Waals surface area contributed by atoms with Gasteiger partial charge in [-0.15, -0.1) is 0 Å². The molecule has 0 bridgehead atoms. The monoisotopic (exact) mass is 422 g/mol. The molecule has 1 fully saturated rings. The van der Waals surface area contributed by atoms with E-state index in [0.717, 1.165) is 0 Å². The van der Waals surface area contributed by atoms with Gasteiger partial charge < -0.3 is 14.0 Å². The zero-order valence-corrected chi connectivity index (χ0v) is 13.9. The van der Waals surface area contributed by atoms with Gasteiger partial charge in [-0.3, -0.25) is 4.79 Å². The van der Waals surface area contributed by atoms with Crippen LogP contribution in [0.2, 0.25) is 0 Å². The largest absolute Gasteiger partial charge is 0.477 e. The molecule has 8 heteroatoms. The fraction of sp³-hybridized carbons (Fsp3) is 0.357. The Morgan fingerprint density at radius 2 is 2.00 bits per heavy atom. The molecule has 0 spiro atoms. The van der Waals surface area contributed by atoms with Crippen molar-refractivity contribution in [2.24, 2.45) is 0 Å². The van der Waals surface area contributed by atoms with Crippen LogP contribution in [0, 0.1) is 19.7 Å². The maximum atomic E-state index is 14.2. The van der Waals surface area contributed by atoms with Gasteiger partial charge in [-0.1, -0.05) is 0 Å². The zero-order valence-electron chi connectivity index (χ0n) is 11.8. The van der Waals surface area contributed by atoms with Crippen LogP contribution in [0.1, 0.15) is 27.9 Å². The molecule has 2 atom stereocenters. The van der Waals surface area contributed by atoms with Crippen LogP contribution in [0.4, 0.5) is 20.2 Å². The van der Waals surface area contributed by atoms with Crippen molar-refractivity contribution >= 4 is 47.6 Å². The highest BCUT2D eigenvalue weighted by Gasteiger charge is 2.47. The molecule has 0 amide bonds. The molecule has 3 rings (SSSR count). The number of Topliss-reactive ketones (excluding diaryl/α,β-unsaturated/α-hetero) is 1. The summed E-state index contributed by atoms with van der Waals surface area (Å²) in [5.74, 6) is -2.81. The topological polar surface area (TPSA) is 83.6 Å². The number of nitrogens with zero attached hydrogens (tertiary/aromatic N) is 1. The van der Waals surface area contributed by atoms with Crippen molar-refractivity contribution in [1.29, 1.82) is 0 Å². The Hall–Kier alpha value is -1.58. The van der Waals surface area contributed by atoms with Crippen molar-refractivity contribution in [2.45, 2.75) is 32.5 Å². The third kappa shape index (κ3) is 2.03. The van der Waals surface area contributed by atoms with Crippen molar-refractivity contribution in [2.75, 3.05) is 8.85 Å². The molecule has 0 saturated heterocycles. The lowest BCUT2D eigenvalue weighted by Crippen LogP contribution is -2.34. The predicted octanol–water partition coefficient (Wildman–Crippen LogP) is 2.28. The Morgan fingerprint density at radius 3 is 2.50 bits per heavy atom. The van der Waals surface area contributed by atoms with E-state index in [1.807, 2.05) is 0 Å². The van der Waals surface area contributed by atoms with Gasteiger partial charge in [0.15, 0.2) is 3.51 Å². The average Bonchev–Trinajstić information content (AvgIpc) is 3.18. The minimum atomic E-state index is -1.36. The van der Waals surface area contributed by atoms with Gasteiger partial charge in [-0.25, -0.2) is 13.6 Å². The number of alkyl halides is 1. The van der Waals surface area contributed by atoms with Gasteiger partial charge in [0.2, 0.25) is 5.78 Å². The molecule has 0 aromatic heterocycles. The molecule has 118 valence electrons. The number of hydrogen-bond acceptors (Lipinski definition) is 4. The van der Waals surface area contributed by atoms with Crippen LogP contribution < -0.4 is 8.85 Å². The molecule has 2 aliphatic rings. The second kappa shape index (κ2) is 4.97. The number of hydrogen-bond donors (Lipinski definition) is 2. The van der Waals surface area contributed by atoms with E-state index in [2.05, 4.69) is 0 Å². The number of aliphatic carboxylic acids is 1. The van der Waals surface area contributed by atoms with Gasteiger partial charge in [0, 0.05) is 27.4 Å². The van der Waals surface area contributed by atoms with E-state index in [9.17, 15) is 23.5 Å². The van der Waals surface area contributed by atoms with Crippen LogP contribution in [0.15, 0.2) is 0 Å². The number of nitrogen functional groups attached to an aromatic ring is 1. The third-order valence-corrected chi connectivity index (χ3v) is 7.12. The van der Waals surface area contributed by atoms with E-state index >= 15 is 0 Å². The molecule has 1 saturated carbocycles. The quantitative estimate of drug-likeness (QED) is 0.434. The van der Waals surface area contributed by atoms with E-state index in [1.165, 1.54) is 0 Å². The van der Waals surface area contributed by atoms with E-state index in [-0.39, 0.29) is 21.2 Å². The van der Waals surface area contributed by atoms with E-state index < -0.39 is 50.8 Å². The first-order chi connectivity index (χ1) is 10.3. The van der Waals surface area contributed by atoms with Crippen LogP contribution in [-0.2, 0) is 4.79 Å². The Balaban J connectivity index is 2.31. The number of carboxylic acids is 1. The lowest BCUT2D eigenvalue weighted by Gasteiger charge is -2.30. The average molecular weight is 422 g/mol. The van der Waals surface area contributed by atoms with Crippen molar-refractivity contribution < 1.29 is 23.5 Å². The zero-order chi connectivity index (χ0) is 16.3. The lowest BCUT2D eigenvalue weighted by atomic mass is 9.95. The number of nitrogens with two attached hydrogens (primary N) is 1. The van der Waals surface area contributed by atoms with Crippen molar-refractivity contribution in [3.05, 3.63) is 22.5 Å². The van der Waals surface area contributed by atoms with Crippen LogP contribution in [0.3, 0.4) is 0 Å². The molecule has 0 unspecified atom stereocenters. The summed E-state index contributed by atoms with van der Waals surface area (Å²) in [6.07, 6.45) is -0.766. The SMILES string of the molecule is Cc1c(C)c2c(c(N)c1F)C(=O)C(C(=O)O)=IN2[C@@H]1C[C@@H]1F. The van der Waals surface area contributed by atoms with E-state index in [0.29, 0.717) is 16.8 Å². The number of carbonyl (C=O) groups is 2. The van der Waals surface area contributed by atoms with Crippen molar-refractivity contribution in [3.63, 3.8) is 0 Å². The van der Waals surface area contributed by atoms with Crippen LogP contribution in [0.25, 0.3) is 0 Å². The Labute approximate surface area is 135 Å². The fourth-order valence-corrected chi connectivity index (χ4v) is 5.49. The van der Waals surface area contributed by atoms with E-state index in [4.69, 9.17) is 5.73 Å². The maximum absolute atomic E-state index is 14.2. The second-order valence-corrected chi connectivity index (χ2v) is 7.96. The molecule has 0 radical (unpaired) electrons. The Morgan fingerprint density at radius 1 is 1.41 bits per heavy atom. The minimum Gasteiger partial charge on any atom is -0.477 e. The van der Waals surface area contributed by atoms with Crippen LogP contribution in [-0.4, -0.2) is 32.6 Å². The molecule has 1 aliphatic carbocycles. The smallest absolute Gasteiger partial charge is 0.346 e. The summed E-state index contributed by atoms with van der Waals surface area (Å²) in [7, 11) is 0. The van der Waals surface area contributed by atoms with Crippen LogP contribution in [0.5, 0.6) is 0 Å². The van der Waals surface area contributed by atoms with Gasteiger partial charge >= 0.3 is 5.97 Å². The highest BCUT2D eigenvalue weighted by molar-refractivity contribution is 14.2. The number of benzene rings is 1. The summed E-state index contributed by atoms with van der Waals surface area (Å²) in [6, 6.07) is -0.447. The second-order valence-electron chi connectivity index (χ2n) is 5.36. The molecule has 22 heavy (non-hydrogen) atoms. The molecule has 1 aliphatic heterocycles.